The Morgan fingerprint density at radius 3 is 2.42 bits per heavy atom. The van der Waals surface area contributed by atoms with Crippen molar-refractivity contribution in [2.45, 2.75) is 13.8 Å². The minimum absolute atomic E-state index is 0.289. The number of ether oxygens (including phenoxy) is 2. The molecule has 1 amide bonds. The van der Waals surface area contributed by atoms with Crippen LogP contribution in [0.5, 0.6) is 11.5 Å². The molecule has 1 N–H and O–H groups in total. The van der Waals surface area contributed by atoms with E-state index in [0.29, 0.717) is 41.0 Å². The minimum Gasteiger partial charge on any atom is -0.490 e. The summed E-state index contributed by atoms with van der Waals surface area (Å²) >= 11 is 5.90. The van der Waals surface area contributed by atoms with Crippen LogP contribution in [0.4, 0.5) is 5.69 Å². The first-order valence-electron chi connectivity index (χ1n) is 7.49. The Hall–Kier alpha value is -2.71. The maximum absolute atomic E-state index is 12.4. The van der Waals surface area contributed by atoms with Gasteiger partial charge in [-0.2, -0.15) is 5.26 Å². The van der Waals surface area contributed by atoms with E-state index in [1.807, 2.05) is 13.8 Å². The maximum atomic E-state index is 12.4. The van der Waals surface area contributed by atoms with Crippen molar-refractivity contribution >= 4 is 23.2 Å². The molecule has 24 heavy (non-hydrogen) atoms. The Kier molecular flexibility index (Phi) is 6.05. The van der Waals surface area contributed by atoms with Crippen LogP contribution in [0.3, 0.4) is 0 Å². The number of nitrogens with one attached hydrogen (secondary N) is 1. The minimum atomic E-state index is -0.361. The smallest absolute Gasteiger partial charge is 0.255 e. The second kappa shape index (κ2) is 8.23. The first kappa shape index (κ1) is 17.6. The molecule has 2 aromatic carbocycles. The third kappa shape index (κ3) is 4.18. The van der Waals surface area contributed by atoms with Gasteiger partial charge in [0.2, 0.25) is 0 Å². The Morgan fingerprint density at radius 2 is 1.83 bits per heavy atom. The van der Waals surface area contributed by atoms with E-state index in [4.69, 9.17) is 21.1 Å². The van der Waals surface area contributed by atoms with Gasteiger partial charge < -0.3 is 14.8 Å². The lowest BCUT2D eigenvalue weighted by Crippen LogP contribution is -2.13. The fraction of sp³-hybridized carbons (Fsp3) is 0.222. The van der Waals surface area contributed by atoms with Gasteiger partial charge in [0.1, 0.15) is 6.07 Å². The van der Waals surface area contributed by atoms with E-state index in [2.05, 4.69) is 11.4 Å². The highest BCUT2D eigenvalue weighted by molar-refractivity contribution is 6.31. The first-order valence-corrected chi connectivity index (χ1v) is 7.87. The van der Waals surface area contributed by atoms with E-state index in [9.17, 15) is 10.1 Å². The van der Waals surface area contributed by atoms with Crippen molar-refractivity contribution in [3.63, 3.8) is 0 Å². The molecule has 0 saturated carbocycles. The first-order chi connectivity index (χ1) is 11.6. The zero-order chi connectivity index (χ0) is 17.5. The Labute approximate surface area is 145 Å². The van der Waals surface area contributed by atoms with Gasteiger partial charge >= 0.3 is 0 Å². The number of halogens is 1. The second-order valence-electron chi connectivity index (χ2n) is 4.79. The van der Waals surface area contributed by atoms with Crippen molar-refractivity contribution in [3.8, 4) is 17.6 Å². The lowest BCUT2D eigenvalue weighted by molar-refractivity contribution is 0.102. The summed E-state index contributed by atoms with van der Waals surface area (Å²) in [5, 5.41) is 12.5. The third-order valence-electron chi connectivity index (χ3n) is 3.14. The number of anilines is 1. The number of rotatable bonds is 6. The van der Waals surface area contributed by atoms with Gasteiger partial charge in [-0.05, 0) is 32.0 Å². The van der Waals surface area contributed by atoms with Crippen LogP contribution in [-0.2, 0) is 0 Å². The average molecular weight is 345 g/mol. The molecule has 0 unspecified atom stereocenters. The van der Waals surface area contributed by atoms with E-state index in [0.717, 1.165) is 0 Å². The summed E-state index contributed by atoms with van der Waals surface area (Å²) in [6.45, 7) is 4.57. The van der Waals surface area contributed by atoms with Gasteiger partial charge in [-0.25, -0.2) is 0 Å². The molecule has 0 aliphatic heterocycles. The van der Waals surface area contributed by atoms with E-state index in [1.165, 1.54) is 0 Å². The van der Waals surface area contributed by atoms with Crippen LogP contribution in [0.2, 0.25) is 5.02 Å². The quantitative estimate of drug-likeness (QED) is 0.849. The van der Waals surface area contributed by atoms with Gasteiger partial charge in [-0.1, -0.05) is 17.7 Å². The maximum Gasteiger partial charge on any atom is 0.255 e. The van der Waals surface area contributed by atoms with Gasteiger partial charge in [0.15, 0.2) is 11.5 Å². The van der Waals surface area contributed by atoms with E-state index >= 15 is 0 Å². The Morgan fingerprint density at radius 1 is 1.17 bits per heavy atom. The molecular weight excluding hydrogens is 328 g/mol. The monoisotopic (exact) mass is 344 g/mol. The molecule has 124 valence electrons. The van der Waals surface area contributed by atoms with Crippen LogP contribution < -0.4 is 14.8 Å². The predicted octanol–water partition coefficient (Wildman–Crippen LogP) is 4.26. The number of carbonyl (C=O) groups excluding carboxylic acids is 1. The molecule has 5 nitrogen and oxygen atoms in total. The standard InChI is InChI=1S/C18H17ClN2O3/c1-3-23-16-9-13(11-20)15(10-17(16)24-4-2)21-18(22)12-6-5-7-14(19)8-12/h5-10H,3-4H2,1-2H3,(H,21,22). The van der Waals surface area contributed by atoms with Crippen LogP contribution in [0, 0.1) is 11.3 Å². The molecular formula is C18H17ClN2O3. The van der Waals surface area contributed by atoms with Crippen molar-refractivity contribution in [2.75, 3.05) is 18.5 Å². The summed E-state index contributed by atoms with van der Waals surface area (Å²) in [6.07, 6.45) is 0. The third-order valence-corrected chi connectivity index (χ3v) is 3.37. The summed E-state index contributed by atoms with van der Waals surface area (Å²) < 4.78 is 11.0. The molecule has 0 aromatic heterocycles. The summed E-state index contributed by atoms with van der Waals surface area (Å²) in [7, 11) is 0. The molecule has 0 spiro atoms. The number of hydrogen-bond acceptors (Lipinski definition) is 4. The van der Waals surface area contributed by atoms with Crippen molar-refractivity contribution in [3.05, 3.63) is 52.5 Å². The van der Waals surface area contributed by atoms with Gasteiger partial charge in [0.25, 0.3) is 5.91 Å². The summed E-state index contributed by atoms with van der Waals surface area (Å²) in [4.78, 5) is 12.4. The number of nitrogens with zero attached hydrogens (tertiary/aromatic N) is 1. The largest absolute Gasteiger partial charge is 0.490 e. The lowest BCUT2D eigenvalue weighted by Gasteiger charge is -2.14. The Balaban J connectivity index is 2.36. The number of hydrogen-bond donors (Lipinski definition) is 1. The van der Waals surface area contributed by atoms with E-state index in [1.54, 1.807) is 36.4 Å². The van der Waals surface area contributed by atoms with Crippen LogP contribution in [-0.4, -0.2) is 19.1 Å². The van der Waals surface area contributed by atoms with E-state index < -0.39 is 0 Å². The zero-order valence-corrected chi connectivity index (χ0v) is 14.2. The molecule has 2 aromatic rings. The van der Waals surface area contributed by atoms with E-state index in [-0.39, 0.29) is 11.5 Å². The highest BCUT2D eigenvalue weighted by Crippen LogP contribution is 2.34. The van der Waals surface area contributed by atoms with Crippen LogP contribution in [0.25, 0.3) is 0 Å². The molecule has 0 fully saturated rings. The fourth-order valence-electron chi connectivity index (χ4n) is 2.12. The van der Waals surface area contributed by atoms with Gasteiger partial charge in [-0.15, -0.1) is 0 Å². The molecule has 0 saturated heterocycles. The zero-order valence-electron chi connectivity index (χ0n) is 13.4. The SMILES string of the molecule is CCOc1cc(C#N)c(NC(=O)c2cccc(Cl)c2)cc1OCC. The van der Waals surface area contributed by atoms with Crippen molar-refractivity contribution < 1.29 is 14.3 Å². The Bertz CT molecular complexity index is 784. The number of benzene rings is 2. The van der Waals surface area contributed by atoms with Gasteiger partial charge in [0, 0.05) is 22.7 Å². The molecule has 6 heteroatoms. The normalized spacial score (nSPS) is 9.92. The van der Waals surface area contributed by atoms with Crippen molar-refractivity contribution in [1.82, 2.24) is 0 Å². The summed E-state index contributed by atoms with van der Waals surface area (Å²) in [6, 6.07) is 11.8. The van der Waals surface area contributed by atoms with Gasteiger partial charge in [-0.3, -0.25) is 4.79 Å². The molecule has 0 heterocycles. The average Bonchev–Trinajstić information content (AvgIpc) is 2.57. The highest BCUT2D eigenvalue weighted by Gasteiger charge is 2.15. The molecule has 0 radical (unpaired) electrons. The van der Waals surface area contributed by atoms with Crippen molar-refractivity contribution in [2.24, 2.45) is 0 Å². The topological polar surface area (TPSA) is 71.3 Å². The van der Waals surface area contributed by atoms with Crippen molar-refractivity contribution in [1.29, 1.82) is 5.26 Å². The van der Waals surface area contributed by atoms with Crippen LogP contribution in [0.1, 0.15) is 29.8 Å². The molecule has 0 aliphatic rings. The number of amides is 1. The number of nitriles is 1. The lowest BCUT2D eigenvalue weighted by atomic mass is 10.1. The second-order valence-corrected chi connectivity index (χ2v) is 5.22. The molecule has 0 aliphatic carbocycles. The van der Waals surface area contributed by atoms with Gasteiger partial charge in [0.05, 0.1) is 24.5 Å². The summed E-state index contributed by atoms with van der Waals surface area (Å²) in [5.74, 6) is 0.581. The van der Waals surface area contributed by atoms with Crippen LogP contribution in [0.15, 0.2) is 36.4 Å². The summed E-state index contributed by atoms with van der Waals surface area (Å²) in [5.41, 5.74) is 1.05. The predicted molar refractivity (Wildman–Crippen MR) is 92.9 cm³/mol. The fourth-order valence-corrected chi connectivity index (χ4v) is 2.31. The number of carbonyl (C=O) groups is 1. The molecule has 0 atom stereocenters. The highest BCUT2D eigenvalue weighted by atomic mass is 35.5. The van der Waals surface area contributed by atoms with Crippen LogP contribution >= 0.6 is 11.6 Å². The molecule has 0 bridgehead atoms. The molecule has 2 rings (SSSR count).